The first-order valence-electron chi connectivity index (χ1n) is 7.22. The number of Topliss-reactive ketones (excluding diaryl/α,β-unsaturated/α-hetero) is 1. The van der Waals surface area contributed by atoms with Crippen molar-refractivity contribution < 1.29 is 9.53 Å². The standard InChI is InChI=1S/C19H19BrO2/c1-3-14(15-4-9-17(20)10-5-15)8-13-19(21)16-6-11-18(22-2)12-7-16/h3-7,9-12H,8,13H2,1-2H3/b14-3-. The van der Waals surface area contributed by atoms with Gasteiger partial charge in [-0.2, -0.15) is 0 Å². The van der Waals surface area contributed by atoms with E-state index in [1.54, 1.807) is 7.11 Å². The van der Waals surface area contributed by atoms with Crippen LogP contribution in [-0.2, 0) is 0 Å². The number of hydrogen-bond acceptors (Lipinski definition) is 2. The van der Waals surface area contributed by atoms with Crippen LogP contribution in [0.2, 0.25) is 0 Å². The quantitative estimate of drug-likeness (QED) is 0.635. The van der Waals surface area contributed by atoms with Gasteiger partial charge in [0.2, 0.25) is 0 Å². The van der Waals surface area contributed by atoms with E-state index in [4.69, 9.17) is 4.74 Å². The van der Waals surface area contributed by atoms with Crippen LogP contribution in [0.25, 0.3) is 5.57 Å². The molecule has 2 nitrogen and oxygen atoms in total. The van der Waals surface area contributed by atoms with Crippen molar-refractivity contribution in [1.82, 2.24) is 0 Å². The smallest absolute Gasteiger partial charge is 0.163 e. The van der Waals surface area contributed by atoms with Crippen molar-refractivity contribution in [2.45, 2.75) is 19.8 Å². The van der Waals surface area contributed by atoms with Crippen molar-refractivity contribution in [2.75, 3.05) is 7.11 Å². The molecule has 0 fully saturated rings. The Morgan fingerprint density at radius 1 is 1.00 bits per heavy atom. The molecule has 0 saturated carbocycles. The van der Waals surface area contributed by atoms with Gasteiger partial charge in [-0.3, -0.25) is 4.79 Å². The Labute approximate surface area is 139 Å². The van der Waals surface area contributed by atoms with E-state index in [0.29, 0.717) is 6.42 Å². The summed E-state index contributed by atoms with van der Waals surface area (Å²) in [5.74, 6) is 0.916. The Kier molecular flexibility index (Phi) is 5.96. The van der Waals surface area contributed by atoms with E-state index in [9.17, 15) is 4.79 Å². The summed E-state index contributed by atoms with van der Waals surface area (Å²) in [5.41, 5.74) is 3.08. The maximum absolute atomic E-state index is 12.3. The maximum Gasteiger partial charge on any atom is 0.163 e. The second-order valence-electron chi connectivity index (χ2n) is 4.97. The first-order chi connectivity index (χ1) is 10.6. The lowest BCUT2D eigenvalue weighted by atomic mass is 9.97. The van der Waals surface area contributed by atoms with Crippen molar-refractivity contribution in [3.8, 4) is 5.75 Å². The van der Waals surface area contributed by atoms with E-state index in [0.717, 1.165) is 27.8 Å². The number of ketones is 1. The highest BCUT2D eigenvalue weighted by Gasteiger charge is 2.08. The summed E-state index contributed by atoms with van der Waals surface area (Å²) in [4.78, 5) is 12.3. The van der Waals surface area contributed by atoms with E-state index in [1.165, 1.54) is 5.57 Å². The molecule has 3 heteroatoms. The minimum absolute atomic E-state index is 0.152. The van der Waals surface area contributed by atoms with Gasteiger partial charge in [-0.25, -0.2) is 0 Å². The molecule has 114 valence electrons. The van der Waals surface area contributed by atoms with Crippen LogP contribution in [0.4, 0.5) is 0 Å². The van der Waals surface area contributed by atoms with Crippen LogP contribution in [0.3, 0.4) is 0 Å². The molecule has 0 saturated heterocycles. The van der Waals surface area contributed by atoms with Gasteiger partial charge in [0.05, 0.1) is 7.11 Å². The predicted octanol–water partition coefficient (Wildman–Crippen LogP) is 5.52. The zero-order valence-electron chi connectivity index (χ0n) is 12.8. The highest BCUT2D eigenvalue weighted by molar-refractivity contribution is 9.10. The molecule has 22 heavy (non-hydrogen) atoms. The fourth-order valence-corrected chi connectivity index (χ4v) is 2.55. The van der Waals surface area contributed by atoms with E-state index in [-0.39, 0.29) is 5.78 Å². The number of carbonyl (C=O) groups excluding carboxylic acids is 1. The summed E-state index contributed by atoms with van der Waals surface area (Å²) < 4.78 is 6.16. The zero-order chi connectivity index (χ0) is 15.9. The molecule has 2 aromatic carbocycles. The average molecular weight is 359 g/mol. The monoisotopic (exact) mass is 358 g/mol. The molecule has 2 rings (SSSR count). The Balaban J connectivity index is 2.00. The van der Waals surface area contributed by atoms with Crippen LogP contribution < -0.4 is 4.74 Å². The topological polar surface area (TPSA) is 26.3 Å². The molecule has 0 atom stereocenters. The number of halogens is 1. The van der Waals surface area contributed by atoms with E-state index in [2.05, 4.69) is 34.1 Å². The molecule has 0 spiro atoms. The second kappa shape index (κ2) is 7.95. The van der Waals surface area contributed by atoms with E-state index in [1.807, 2.05) is 43.3 Å². The number of ether oxygens (including phenoxy) is 1. The number of rotatable bonds is 6. The Hall–Kier alpha value is -1.87. The zero-order valence-corrected chi connectivity index (χ0v) is 14.4. The molecule has 0 radical (unpaired) electrons. The molecular formula is C19H19BrO2. The number of methoxy groups -OCH3 is 1. The Morgan fingerprint density at radius 3 is 2.14 bits per heavy atom. The summed E-state index contributed by atoms with van der Waals surface area (Å²) in [5, 5.41) is 0. The summed E-state index contributed by atoms with van der Waals surface area (Å²) >= 11 is 3.44. The SMILES string of the molecule is C/C=C(/CCC(=O)c1ccc(OC)cc1)c1ccc(Br)cc1. The van der Waals surface area contributed by atoms with Gasteiger partial charge < -0.3 is 4.74 Å². The lowest BCUT2D eigenvalue weighted by Crippen LogP contribution is -2.00. The van der Waals surface area contributed by atoms with Crippen molar-refractivity contribution in [3.05, 3.63) is 70.2 Å². The van der Waals surface area contributed by atoms with E-state index >= 15 is 0 Å². The fraction of sp³-hybridized carbons (Fsp3) is 0.211. The predicted molar refractivity (Wildman–Crippen MR) is 94.4 cm³/mol. The lowest BCUT2D eigenvalue weighted by molar-refractivity contribution is 0.0984. The summed E-state index contributed by atoms with van der Waals surface area (Å²) in [6, 6.07) is 15.4. The summed E-state index contributed by atoms with van der Waals surface area (Å²) in [6.07, 6.45) is 3.32. The molecule has 0 aliphatic heterocycles. The van der Waals surface area contributed by atoms with Gasteiger partial charge in [0.1, 0.15) is 5.75 Å². The molecule has 2 aromatic rings. The lowest BCUT2D eigenvalue weighted by Gasteiger charge is -2.08. The minimum atomic E-state index is 0.152. The maximum atomic E-state index is 12.3. The van der Waals surface area contributed by atoms with Gasteiger partial charge in [-0.05, 0) is 60.9 Å². The fourth-order valence-electron chi connectivity index (χ4n) is 2.29. The van der Waals surface area contributed by atoms with Crippen LogP contribution in [0, 0.1) is 0 Å². The van der Waals surface area contributed by atoms with Gasteiger partial charge in [0.15, 0.2) is 5.78 Å². The molecule has 0 aliphatic rings. The van der Waals surface area contributed by atoms with Gasteiger partial charge in [-0.15, -0.1) is 0 Å². The van der Waals surface area contributed by atoms with Gasteiger partial charge in [0.25, 0.3) is 0 Å². The number of allylic oxidation sites excluding steroid dienone is 2. The summed E-state index contributed by atoms with van der Waals surface area (Å²) in [7, 11) is 1.62. The molecule has 0 unspecified atom stereocenters. The first-order valence-corrected chi connectivity index (χ1v) is 8.01. The third-order valence-electron chi connectivity index (χ3n) is 3.60. The van der Waals surface area contributed by atoms with E-state index < -0.39 is 0 Å². The molecule has 0 amide bonds. The van der Waals surface area contributed by atoms with Crippen LogP contribution in [-0.4, -0.2) is 12.9 Å². The largest absolute Gasteiger partial charge is 0.497 e. The second-order valence-corrected chi connectivity index (χ2v) is 5.89. The molecular weight excluding hydrogens is 340 g/mol. The Bertz CT molecular complexity index is 655. The molecule has 0 aromatic heterocycles. The highest BCUT2D eigenvalue weighted by Crippen LogP contribution is 2.23. The number of benzene rings is 2. The summed E-state index contributed by atoms with van der Waals surface area (Å²) in [6.45, 7) is 2.01. The van der Waals surface area contributed by atoms with Crippen LogP contribution in [0.15, 0.2) is 59.1 Å². The first kappa shape index (κ1) is 16.5. The average Bonchev–Trinajstić information content (AvgIpc) is 2.56. The molecule has 0 bridgehead atoms. The minimum Gasteiger partial charge on any atom is -0.497 e. The third-order valence-corrected chi connectivity index (χ3v) is 4.13. The third kappa shape index (κ3) is 4.31. The van der Waals surface area contributed by atoms with Crippen molar-refractivity contribution in [3.63, 3.8) is 0 Å². The van der Waals surface area contributed by atoms with Crippen molar-refractivity contribution in [1.29, 1.82) is 0 Å². The number of carbonyl (C=O) groups is 1. The van der Waals surface area contributed by atoms with Crippen LogP contribution in [0.5, 0.6) is 5.75 Å². The number of hydrogen-bond donors (Lipinski definition) is 0. The molecule has 0 aliphatic carbocycles. The normalized spacial score (nSPS) is 11.3. The molecule has 0 N–H and O–H groups in total. The van der Waals surface area contributed by atoms with Gasteiger partial charge >= 0.3 is 0 Å². The van der Waals surface area contributed by atoms with Gasteiger partial charge in [-0.1, -0.05) is 34.1 Å². The Morgan fingerprint density at radius 2 is 1.59 bits per heavy atom. The highest BCUT2D eigenvalue weighted by atomic mass is 79.9. The van der Waals surface area contributed by atoms with Gasteiger partial charge in [0, 0.05) is 16.5 Å². The van der Waals surface area contributed by atoms with Crippen LogP contribution >= 0.6 is 15.9 Å². The van der Waals surface area contributed by atoms with Crippen LogP contribution in [0.1, 0.15) is 35.7 Å². The van der Waals surface area contributed by atoms with Crippen molar-refractivity contribution >= 4 is 27.3 Å². The molecule has 0 heterocycles. The van der Waals surface area contributed by atoms with Crippen molar-refractivity contribution in [2.24, 2.45) is 0 Å².